The molecule has 4 nitrogen and oxygen atoms in total. The molecule has 0 aromatic heterocycles. The molecule has 0 spiro atoms. The van der Waals surface area contributed by atoms with Gasteiger partial charge in [-0.3, -0.25) is 4.90 Å². The van der Waals surface area contributed by atoms with E-state index in [0.717, 1.165) is 31.7 Å². The van der Waals surface area contributed by atoms with Crippen LogP contribution in [0.5, 0.6) is 0 Å². The van der Waals surface area contributed by atoms with E-state index in [0.29, 0.717) is 10.9 Å². The van der Waals surface area contributed by atoms with Crippen molar-refractivity contribution in [2.24, 2.45) is 5.92 Å². The van der Waals surface area contributed by atoms with E-state index in [2.05, 4.69) is 37.7 Å². The largest absolute Gasteiger partial charge is 0.478 e. The quantitative estimate of drug-likeness (QED) is 0.801. The van der Waals surface area contributed by atoms with E-state index in [1.54, 1.807) is 6.07 Å². The Morgan fingerprint density at radius 1 is 1.29 bits per heavy atom. The van der Waals surface area contributed by atoms with Gasteiger partial charge in [-0.05, 0) is 37.7 Å². The smallest absolute Gasteiger partial charge is 0.335 e. The van der Waals surface area contributed by atoms with Gasteiger partial charge in [0.1, 0.15) is 0 Å². The number of benzene rings is 1. The first-order chi connectivity index (χ1) is 9.79. The Morgan fingerprint density at radius 2 is 1.95 bits per heavy atom. The molecule has 0 fully saturated rings. The maximum atomic E-state index is 10.9. The summed E-state index contributed by atoms with van der Waals surface area (Å²) in [6.45, 7) is 8.06. The number of rotatable bonds is 8. The van der Waals surface area contributed by atoms with E-state index >= 15 is 0 Å². The van der Waals surface area contributed by atoms with Gasteiger partial charge in [0.15, 0.2) is 0 Å². The van der Waals surface area contributed by atoms with Crippen molar-refractivity contribution < 1.29 is 9.90 Å². The molecule has 0 bridgehead atoms. The van der Waals surface area contributed by atoms with Gasteiger partial charge < -0.3 is 10.0 Å². The molecule has 0 aliphatic heterocycles. The first-order valence-corrected chi connectivity index (χ1v) is 7.56. The van der Waals surface area contributed by atoms with Crippen LogP contribution in [0.3, 0.4) is 0 Å². The Hall–Kier alpha value is -1.10. The van der Waals surface area contributed by atoms with E-state index in [-0.39, 0.29) is 5.56 Å². The van der Waals surface area contributed by atoms with E-state index in [4.69, 9.17) is 16.7 Å². The number of hydrogen-bond donors (Lipinski definition) is 1. The lowest BCUT2D eigenvalue weighted by atomic mass is 10.1. The molecule has 0 unspecified atom stereocenters. The predicted molar refractivity (Wildman–Crippen MR) is 87.1 cm³/mol. The SMILES string of the molecule is CC(C)CN(CCN(C)C)Cc1ccc(C(=O)O)cc1Cl. The van der Waals surface area contributed by atoms with Crippen LogP contribution in [-0.4, -0.2) is 54.6 Å². The summed E-state index contributed by atoms with van der Waals surface area (Å²) in [6.07, 6.45) is 0. The highest BCUT2D eigenvalue weighted by Crippen LogP contribution is 2.20. The highest BCUT2D eigenvalue weighted by molar-refractivity contribution is 6.31. The molecular formula is C16H25ClN2O2. The van der Waals surface area contributed by atoms with E-state index < -0.39 is 5.97 Å². The Bertz CT molecular complexity index is 475. The van der Waals surface area contributed by atoms with Crippen LogP contribution in [0.15, 0.2) is 18.2 Å². The third-order valence-corrected chi connectivity index (χ3v) is 3.53. The number of carbonyl (C=O) groups is 1. The van der Waals surface area contributed by atoms with Gasteiger partial charge in [0, 0.05) is 31.2 Å². The number of carboxylic acid groups (broad SMARTS) is 1. The van der Waals surface area contributed by atoms with Crippen LogP contribution in [-0.2, 0) is 6.54 Å². The van der Waals surface area contributed by atoms with Gasteiger partial charge in [0.05, 0.1) is 5.56 Å². The summed E-state index contributed by atoms with van der Waals surface area (Å²) in [7, 11) is 4.12. The molecule has 0 aliphatic carbocycles. The van der Waals surface area contributed by atoms with E-state index in [9.17, 15) is 4.79 Å². The van der Waals surface area contributed by atoms with Crippen molar-refractivity contribution in [2.75, 3.05) is 33.7 Å². The van der Waals surface area contributed by atoms with Gasteiger partial charge in [-0.2, -0.15) is 0 Å². The van der Waals surface area contributed by atoms with E-state index in [1.165, 1.54) is 6.07 Å². The summed E-state index contributed by atoms with van der Waals surface area (Å²) in [5, 5.41) is 9.49. The predicted octanol–water partition coefficient (Wildman–Crippen LogP) is 3.06. The Balaban J connectivity index is 2.79. The lowest BCUT2D eigenvalue weighted by Gasteiger charge is -2.26. The monoisotopic (exact) mass is 312 g/mol. The minimum atomic E-state index is -0.949. The Morgan fingerprint density at radius 3 is 2.43 bits per heavy atom. The zero-order chi connectivity index (χ0) is 16.0. The van der Waals surface area contributed by atoms with Crippen LogP contribution >= 0.6 is 11.6 Å². The summed E-state index contributed by atoms with van der Waals surface area (Å²) in [6, 6.07) is 4.95. The second kappa shape index (κ2) is 8.37. The molecule has 21 heavy (non-hydrogen) atoms. The second-order valence-corrected chi connectivity index (χ2v) is 6.45. The highest BCUT2D eigenvalue weighted by atomic mass is 35.5. The summed E-state index contributed by atoms with van der Waals surface area (Å²) in [5.74, 6) is -0.376. The lowest BCUT2D eigenvalue weighted by molar-refractivity contribution is 0.0697. The average Bonchev–Trinajstić information content (AvgIpc) is 2.37. The molecule has 118 valence electrons. The maximum absolute atomic E-state index is 10.9. The number of likely N-dealkylation sites (N-methyl/N-ethyl adjacent to an activating group) is 1. The Labute approximate surface area is 132 Å². The minimum absolute atomic E-state index is 0.229. The molecule has 0 radical (unpaired) electrons. The van der Waals surface area contributed by atoms with Gasteiger partial charge in [-0.15, -0.1) is 0 Å². The van der Waals surface area contributed by atoms with Gasteiger partial charge in [0.2, 0.25) is 0 Å². The first kappa shape index (κ1) is 18.0. The Kier molecular flexibility index (Phi) is 7.15. The van der Waals surface area contributed by atoms with Crippen LogP contribution in [0.25, 0.3) is 0 Å². The van der Waals surface area contributed by atoms with Crippen LogP contribution in [0.2, 0.25) is 5.02 Å². The number of nitrogens with zero attached hydrogens (tertiary/aromatic N) is 2. The first-order valence-electron chi connectivity index (χ1n) is 7.18. The third kappa shape index (κ3) is 6.46. The fourth-order valence-electron chi connectivity index (χ4n) is 2.14. The number of halogens is 1. The molecule has 0 aliphatic rings. The molecule has 0 saturated heterocycles. The summed E-state index contributed by atoms with van der Waals surface area (Å²) < 4.78 is 0. The average molecular weight is 313 g/mol. The molecule has 0 heterocycles. The van der Waals surface area contributed by atoms with Crippen molar-refractivity contribution in [2.45, 2.75) is 20.4 Å². The molecule has 5 heteroatoms. The van der Waals surface area contributed by atoms with Crippen LogP contribution in [0.4, 0.5) is 0 Å². The minimum Gasteiger partial charge on any atom is -0.478 e. The molecule has 1 N–H and O–H groups in total. The van der Waals surface area contributed by atoms with Crippen LogP contribution in [0.1, 0.15) is 29.8 Å². The summed E-state index contributed by atoms with van der Waals surface area (Å²) in [4.78, 5) is 15.4. The molecule has 1 rings (SSSR count). The normalized spacial score (nSPS) is 11.6. The lowest BCUT2D eigenvalue weighted by Crippen LogP contribution is -2.34. The highest BCUT2D eigenvalue weighted by Gasteiger charge is 2.12. The number of aromatic carboxylic acids is 1. The van der Waals surface area contributed by atoms with Crippen molar-refractivity contribution in [3.8, 4) is 0 Å². The second-order valence-electron chi connectivity index (χ2n) is 6.04. The summed E-state index contributed by atoms with van der Waals surface area (Å²) >= 11 is 6.22. The molecule has 1 aromatic rings. The van der Waals surface area contributed by atoms with Gasteiger partial charge in [-0.1, -0.05) is 31.5 Å². The molecule has 0 saturated carbocycles. The molecule has 1 aromatic carbocycles. The standard InChI is InChI=1S/C16H25ClN2O2/c1-12(2)10-19(8-7-18(3)4)11-14-6-5-13(16(20)21)9-15(14)17/h5-6,9,12H,7-8,10-11H2,1-4H3,(H,20,21). The van der Waals surface area contributed by atoms with Crippen LogP contribution in [0, 0.1) is 5.92 Å². The van der Waals surface area contributed by atoms with Crippen molar-refractivity contribution in [3.63, 3.8) is 0 Å². The zero-order valence-corrected chi connectivity index (χ0v) is 14.0. The van der Waals surface area contributed by atoms with Crippen LogP contribution < -0.4 is 0 Å². The third-order valence-electron chi connectivity index (χ3n) is 3.18. The van der Waals surface area contributed by atoms with Gasteiger partial charge >= 0.3 is 5.97 Å². The topological polar surface area (TPSA) is 43.8 Å². The molecule has 0 atom stereocenters. The maximum Gasteiger partial charge on any atom is 0.335 e. The van der Waals surface area contributed by atoms with E-state index in [1.807, 2.05) is 6.07 Å². The number of carboxylic acids is 1. The zero-order valence-electron chi connectivity index (χ0n) is 13.3. The summed E-state index contributed by atoms with van der Waals surface area (Å²) in [5.41, 5.74) is 1.20. The van der Waals surface area contributed by atoms with Crippen molar-refractivity contribution in [1.82, 2.24) is 9.80 Å². The van der Waals surface area contributed by atoms with Crippen molar-refractivity contribution >= 4 is 17.6 Å². The van der Waals surface area contributed by atoms with Crippen molar-refractivity contribution in [3.05, 3.63) is 34.3 Å². The molecular weight excluding hydrogens is 288 g/mol. The van der Waals surface area contributed by atoms with Gasteiger partial charge in [0.25, 0.3) is 0 Å². The van der Waals surface area contributed by atoms with Gasteiger partial charge in [-0.25, -0.2) is 4.79 Å². The van der Waals surface area contributed by atoms with Crippen molar-refractivity contribution in [1.29, 1.82) is 0 Å². The fraction of sp³-hybridized carbons (Fsp3) is 0.562. The number of hydrogen-bond acceptors (Lipinski definition) is 3. The fourth-order valence-corrected chi connectivity index (χ4v) is 2.38. The molecule has 0 amide bonds.